The van der Waals surface area contributed by atoms with Gasteiger partial charge >= 0.3 is 0 Å². The molecule has 1 aromatic heterocycles. The van der Waals surface area contributed by atoms with Gasteiger partial charge in [0.25, 0.3) is 5.56 Å². The van der Waals surface area contributed by atoms with Gasteiger partial charge in [-0.05, 0) is 58.1 Å². The smallest absolute Gasteiger partial charge is 0.250 e. The van der Waals surface area contributed by atoms with Crippen molar-refractivity contribution < 1.29 is 0 Å². The zero-order chi connectivity index (χ0) is 22.8. The van der Waals surface area contributed by atoms with Crippen LogP contribution >= 0.6 is 24.0 Å². The van der Waals surface area contributed by atoms with Crippen LogP contribution in [-0.2, 0) is 13.1 Å². The van der Waals surface area contributed by atoms with Gasteiger partial charge in [-0.25, -0.2) is 0 Å². The highest BCUT2D eigenvalue weighted by Crippen LogP contribution is 2.20. The molecule has 2 N–H and O–H groups in total. The number of nitrogens with one attached hydrogen (secondary N) is 2. The van der Waals surface area contributed by atoms with E-state index in [0.29, 0.717) is 12.1 Å². The summed E-state index contributed by atoms with van der Waals surface area (Å²) in [6, 6.07) is 17.2. The van der Waals surface area contributed by atoms with E-state index in [0.717, 1.165) is 70.1 Å². The number of piperidine rings is 1. The molecular weight excluding hydrogens is 525 g/mol. The SMILES string of the molecule is CCNC(=NCCCCn1c(C)cccc1=O)NC1CCN(Cc2ccccc2)C(C)C1.I. The fraction of sp³-hybridized carbons (Fsp3) is 0.538. The maximum atomic E-state index is 12.0. The Balaban J connectivity index is 0.00000385. The van der Waals surface area contributed by atoms with Crippen molar-refractivity contribution in [1.29, 1.82) is 0 Å². The van der Waals surface area contributed by atoms with E-state index >= 15 is 0 Å². The van der Waals surface area contributed by atoms with Gasteiger partial charge in [0.15, 0.2) is 5.96 Å². The third kappa shape index (κ3) is 8.77. The van der Waals surface area contributed by atoms with Crippen LogP contribution in [0.2, 0.25) is 0 Å². The molecule has 1 aliphatic rings. The van der Waals surface area contributed by atoms with Gasteiger partial charge in [-0.15, -0.1) is 24.0 Å². The molecule has 182 valence electrons. The molecule has 0 spiro atoms. The van der Waals surface area contributed by atoms with Gasteiger partial charge in [0.2, 0.25) is 0 Å². The molecule has 33 heavy (non-hydrogen) atoms. The number of unbranched alkanes of at least 4 members (excludes halogenated alkanes) is 1. The van der Waals surface area contributed by atoms with E-state index in [4.69, 9.17) is 4.99 Å². The van der Waals surface area contributed by atoms with Gasteiger partial charge < -0.3 is 15.2 Å². The van der Waals surface area contributed by atoms with Crippen LogP contribution in [0.4, 0.5) is 0 Å². The minimum atomic E-state index is 0. The Labute approximate surface area is 215 Å². The fourth-order valence-corrected chi connectivity index (χ4v) is 4.40. The summed E-state index contributed by atoms with van der Waals surface area (Å²) in [5.74, 6) is 0.911. The maximum absolute atomic E-state index is 12.0. The Hall–Kier alpha value is -1.87. The lowest BCUT2D eigenvalue weighted by Gasteiger charge is -2.38. The highest BCUT2D eigenvalue weighted by Gasteiger charge is 2.25. The van der Waals surface area contributed by atoms with Crippen LogP contribution in [0.3, 0.4) is 0 Å². The summed E-state index contributed by atoms with van der Waals surface area (Å²) in [6.45, 7) is 10.9. The standard InChI is InChI=1S/C26H39N5O.HI/c1-4-27-26(28-16-8-9-17-31-21(2)11-10-14-25(31)32)29-24-15-18-30(22(3)19-24)20-23-12-6-5-7-13-23;/h5-7,10-14,22,24H,4,8-9,15-20H2,1-3H3,(H2,27,28,29);1H. The molecule has 6 nitrogen and oxygen atoms in total. The van der Waals surface area contributed by atoms with Crippen LogP contribution in [0.15, 0.2) is 58.3 Å². The number of aryl methyl sites for hydroxylation is 1. The molecule has 0 saturated carbocycles. The van der Waals surface area contributed by atoms with Crippen molar-refractivity contribution >= 4 is 29.9 Å². The lowest BCUT2D eigenvalue weighted by molar-refractivity contribution is 0.134. The number of aromatic nitrogens is 1. The van der Waals surface area contributed by atoms with Gasteiger partial charge in [0.1, 0.15) is 0 Å². The van der Waals surface area contributed by atoms with Crippen molar-refractivity contribution in [2.45, 2.75) is 71.6 Å². The predicted molar refractivity (Wildman–Crippen MR) is 149 cm³/mol. The Morgan fingerprint density at radius 1 is 1.12 bits per heavy atom. The Morgan fingerprint density at radius 3 is 2.61 bits per heavy atom. The molecule has 3 rings (SSSR count). The minimum Gasteiger partial charge on any atom is -0.357 e. The first-order valence-corrected chi connectivity index (χ1v) is 12.1. The second-order valence-electron chi connectivity index (χ2n) is 8.80. The van der Waals surface area contributed by atoms with E-state index in [1.165, 1.54) is 5.56 Å². The van der Waals surface area contributed by atoms with Crippen LogP contribution in [0, 0.1) is 6.92 Å². The summed E-state index contributed by atoms with van der Waals surface area (Å²) in [5, 5.41) is 7.05. The predicted octanol–water partition coefficient (Wildman–Crippen LogP) is 4.16. The number of nitrogens with zero attached hydrogens (tertiary/aromatic N) is 3. The molecule has 2 aromatic rings. The molecule has 0 radical (unpaired) electrons. The van der Waals surface area contributed by atoms with E-state index in [2.05, 4.69) is 59.7 Å². The summed E-state index contributed by atoms with van der Waals surface area (Å²) in [5.41, 5.74) is 2.48. The summed E-state index contributed by atoms with van der Waals surface area (Å²) >= 11 is 0. The van der Waals surface area contributed by atoms with E-state index in [1.807, 2.05) is 23.6 Å². The minimum absolute atomic E-state index is 0. The average molecular weight is 566 g/mol. The molecular formula is C26H40IN5O. The largest absolute Gasteiger partial charge is 0.357 e. The first kappa shape index (κ1) is 27.4. The number of hydrogen-bond donors (Lipinski definition) is 2. The molecule has 0 amide bonds. The van der Waals surface area contributed by atoms with Crippen molar-refractivity contribution in [2.24, 2.45) is 4.99 Å². The third-order valence-corrected chi connectivity index (χ3v) is 6.26. The second kappa shape index (κ2) is 14.4. The number of hydrogen-bond acceptors (Lipinski definition) is 3. The van der Waals surface area contributed by atoms with E-state index in [-0.39, 0.29) is 29.5 Å². The van der Waals surface area contributed by atoms with Crippen LogP contribution in [-0.4, -0.2) is 47.1 Å². The zero-order valence-corrected chi connectivity index (χ0v) is 22.6. The molecule has 2 unspecified atom stereocenters. The number of likely N-dealkylation sites (tertiary alicyclic amines) is 1. The molecule has 2 heterocycles. The highest BCUT2D eigenvalue weighted by atomic mass is 127. The van der Waals surface area contributed by atoms with Crippen molar-refractivity contribution in [3.8, 4) is 0 Å². The van der Waals surface area contributed by atoms with E-state index in [9.17, 15) is 4.79 Å². The summed E-state index contributed by atoms with van der Waals surface area (Å²) in [6.07, 6.45) is 4.15. The lowest BCUT2D eigenvalue weighted by Crippen LogP contribution is -2.51. The van der Waals surface area contributed by atoms with Gasteiger partial charge in [0.05, 0.1) is 0 Å². The van der Waals surface area contributed by atoms with Crippen molar-refractivity contribution in [1.82, 2.24) is 20.1 Å². The van der Waals surface area contributed by atoms with Crippen LogP contribution in [0.5, 0.6) is 0 Å². The molecule has 1 aliphatic heterocycles. The van der Waals surface area contributed by atoms with Gasteiger partial charge in [-0.3, -0.25) is 14.7 Å². The highest BCUT2D eigenvalue weighted by molar-refractivity contribution is 14.0. The maximum Gasteiger partial charge on any atom is 0.250 e. The van der Waals surface area contributed by atoms with Gasteiger partial charge in [-0.2, -0.15) is 0 Å². The van der Waals surface area contributed by atoms with Crippen LogP contribution < -0.4 is 16.2 Å². The Kier molecular flexibility index (Phi) is 11.9. The zero-order valence-electron chi connectivity index (χ0n) is 20.3. The molecule has 1 saturated heterocycles. The summed E-state index contributed by atoms with van der Waals surface area (Å²) in [4.78, 5) is 19.3. The lowest BCUT2D eigenvalue weighted by atomic mass is 9.97. The normalized spacial score (nSPS) is 19.1. The van der Waals surface area contributed by atoms with Crippen LogP contribution in [0.25, 0.3) is 0 Å². The quantitative estimate of drug-likeness (QED) is 0.208. The first-order chi connectivity index (χ1) is 15.6. The Morgan fingerprint density at radius 2 is 1.91 bits per heavy atom. The number of benzene rings is 1. The first-order valence-electron chi connectivity index (χ1n) is 12.1. The molecule has 7 heteroatoms. The monoisotopic (exact) mass is 565 g/mol. The Bertz CT molecular complexity index is 914. The van der Waals surface area contributed by atoms with E-state index < -0.39 is 0 Å². The number of aliphatic imine (C=N–C) groups is 1. The molecule has 1 fully saturated rings. The average Bonchev–Trinajstić information content (AvgIpc) is 2.78. The fourth-order valence-electron chi connectivity index (χ4n) is 4.40. The molecule has 0 aliphatic carbocycles. The van der Waals surface area contributed by atoms with E-state index in [1.54, 1.807) is 6.07 Å². The van der Waals surface area contributed by atoms with Gasteiger partial charge in [-0.1, -0.05) is 36.4 Å². The number of halogens is 1. The van der Waals surface area contributed by atoms with Gasteiger partial charge in [0, 0.05) is 56.6 Å². The third-order valence-electron chi connectivity index (χ3n) is 6.26. The number of pyridine rings is 1. The molecule has 0 bridgehead atoms. The summed E-state index contributed by atoms with van der Waals surface area (Å²) in [7, 11) is 0. The second-order valence-corrected chi connectivity index (χ2v) is 8.80. The molecule has 2 atom stereocenters. The van der Waals surface area contributed by atoms with Crippen molar-refractivity contribution in [3.63, 3.8) is 0 Å². The number of rotatable bonds is 9. The van der Waals surface area contributed by atoms with Crippen LogP contribution in [0.1, 0.15) is 50.8 Å². The van der Waals surface area contributed by atoms with Crippen molar-refractivity contribution in [2.75, 3.05) is 19.6 Å². The number of guanidine groups is 1. The summed E-state index contributed by atoms with van der Waals surface area (Å²) < 4.78 is 1.85. The molecule has 1 aromatic carbocycles. The van der Waals surface area contributed by atoms with Crippen molar-refractivity contribution in [3.05, 3.63) is 70.1 Å². The topological polar surface area (TPSA) is 61.7 Å².